The normalized spacial score (nSPS) is 10.4. The minimum absolute atomic E-state index is 0.236. The molecule has 1 aromatic carbocycles. The molecular formula is C12H9ClFNO. The van der Waals surface area contributed by atoms with Crippen LogP contribution in [0.2, 0.25) is 5.02 Å². The van der Waals surface area contributed by atoms with Crippen molar-refractivity contribution in [3.8, 4) is 0 Å². The molecule has 0 amide bonds. The minimum atomic E-state index is -0.511. The van der Waals surface area contributed by atoms with E-state index in [1.54, 1.807) is 31.2 Å². The highest BCUT2D eigenvalue weighted by Gasteiger charge is 2.14. The molecule has 82 valence electrons. The van der Waals surface area contributed by atoms with E-state index in [0.29, 0.717) is 21.8 Å². The molecule has 2 nitrogen and oxygen atoms in total. The Bertz CT molecular complexity index is 548. The Balaban J connectivity index is 2.43. The number of carbonyl (C=O) groups is 1. The van der Waals surface area contributed by atoms with Crippen molar-refractivity contribution in [1.82, 2.24) is 4.98 Å². The highest BCUT2D eigenvalue weighted by atomic mass is 35.5. The van der Waals surface area contributed by atoms with Crippen molar-refractivity contribution < 1.29 is 9.18 Å². The van der Waals surface area contributed by atoms with Crippen LogP contribution in [-0.4, -0.2) is 10.8 Å². The number of aryl methyl sites for hydroxylation is 1. The van der Waals surface area contributed by atoms with Crippen molar-refractivity contribution in [2.24, 2.45) is 0 Å². The fraction of sp³-hybridized carbons (Fsp3) is 0.0833. The zero-order chi connectivity index (χ0) is 11.7. The molecule has 0 saturated heterocycles. The van der Waals surface area contributed by atoms with E-state index in [0.717, 1.165) is 0 Å². The van der Waals surface area contributed by atoms with E-state index in [2.05, 4.69) is 4.98 Å². The van der Waals surface area contributed by atoms with Gasteiger partial charge < -0.3 is 4.98 Å². The van der Waals surface area contributed by atoms with Crippen LogP contribution in [0, 0.1) is 12.9 Å². The van der Waals surface area contributed by atoms with Gasteiger partial charge in [0.2, 0.25) is 0 Å². The molecule has 0 aliphatic heterocycles. The summed E-state index contributed by atoms with van der Waals surface area (Å²) in [5.74, 6) is -0.747. The van der Waals surface area contributed by atoms with Gasteiger partial charge in [-0.15, -0.1) is 0 Å². The van der Waals surface area contributed by atoms with Gasteiger partial charge in [0.25, 0.3) is 0 Å². The maximum Gasteiger partial charge on any atom is 0.194 e. The summed E-state index contributed by atoms with van der Waals surface area (Å²) in [5, 5.41) is 0.486. The first kappa shape index (κ1) is 10.9. The molecular weight excluding hydrogens is 229 g/mol. The molecule has 2 rings (SSSR count). The first-order chi connectivity index (χ1) is 7.58. The number of aromatic nitrogens is 1. The van der Waals surface area contributed by atoms with Crippen molar-refractivity contribution in [3.05, 3.63) is 58.1 Å². The molecule has 16 heavy (non-hydrogen) atoms. The lowest BCUT2D eigenvalue weighted by Gasteiger charge is -2.00. The van der Waals surface area contributed by atoms with Gasteiger partial charge in [0, 0.05) is 27.9 Å². The van der Waals surface area contributed by atoms with Crippen LogP contribution in [-0.2, 0) is 0 Å². The van der Waals surface area contributed by atoms with Crippen molar-refractivity contribution in [2.75, 3.05) is 0 Å². The second-order valence-corrected chi connectivity index (χ2v) is 3.93. The molecule has 0 atom stereocenters. The van der Waals surface area contributed by atoms with Gasteiger partial charge in [0.1, 0.15) is 0 Å². The number of aromatic amines is 1. The van der Waals surface area contributed by atoms with E-state index in [-0.39, 0.29) is 5.78 Å². The summed E-state index contributed by atoms with van der Waals surface area (Å²) in [4.78, 5) is 14.4. The Morgan fingerprint density at radius 1 is 1.38 bits per heavy atom. The summed E-state index contributed by atoms with van der Waals surface area (Å²) in [5.41, 5.74) is 1.30. The molecule has 0 saturated carbocycles. The fourth-order valence-electron chi connectivity index (χ4n) is 1.54. The Labute approximate surface area is 97.1 Å². The van der Waals surface area contributed by atoms with E-state index >= 15 is 0 Å². The first-order valence-electron chi connectivity index (χ1n) is 4.73. The smallest absolute Gasteiger partial charge is 0.194 e. The molecule has 0 aliphatic rings. The molecule has 4 heteroatoms. The predicted molar refractivity (Wildman–Crippen MR) is 60.4 cm³/mol. The number of hydrogen-bond acceptors (Lipinski definition) is 1. The summed E-state index contributed by atoms with van der Waals surface area (Å²) >= 11 is 5.79. The summed E-state index contributed by atoms with van der Waals surface area (Å²) in [7, 11) is 0. The van der Waals surface area contributed by atoms with Crippen molar-refractivity contribution in [1.29, 1.82) is 0 Å². The Hall–Kier alpha value is -1.61. The fourth-order valence-corrected chi connectivity index (χ4v) is 1.73. The second-order valence-electron chi connectivity index (χ2n) is 3.50. The van der Waals surface area contributed by atoms with Gasteiger partial charge in [-0.3, -0.25) is 4.79 Å². The number of hydrogen-bond donors (Lipinski definition) is 1. The average Bonchev–Trinajstić information content (AvgIpc) is 2.57. The Morgan fingerprint density at radius 2 is 2.12 bits per heavy atom. The standard InChI is InChI=1S/C12H9ClFNO/c1-7-10(6-11(14)15-7)12(16)8-3-2-4-9(13)5-8/h2-6,15H,1H3. The molecule has 0 aliphatic carbocycles. The molecule has 0 spiro atoms. The monoisotopic (exact) mass is 237 g/mol. The minimum Gasteiger partial charge on any atom is -0.335 e. The zero-order valence-electron chi connectivity index (χ0n) is 8.55. The van der Waals surface area contributed by atoms with Crippen LogP contribution >= 0.6 is 11.6 Å². The average molecular weight is 238 g/mol. The van der Waals surface area contributed by atoms with Gasteiger partial charge in [-0.2, -0.15) is 4.39 Å². The molecule has 0 unspecified atom stereocenters. The predicted octanol–water partition coefficient (Wildman–Crippen LogP) is 3.35. The van der Waals surface area contributed by atoms with E-state index in [1.807, 2.05) is 0 Å². The maximum absolute atomic E-state index is 12.9. The SMILES string of the molecule is Cc1[nH]c(F)cc1C(=O)c1cccc(Cl)c1. The molecule has 1 aromatic heterocycles. The highest BCUT2D eigenvalue weighted by Crippen LogP contribution is 2.17. The summed E-state index contributed by atoms with van der Waals surface area (Å²) < 4.78 is 12.9. The van der Waals surface area contributed by atoms with Gasteiger partial charge in [-0.05, 0) is 19.1 Å². The number of H-pyrrole nitrogens is 1. The zero-order valence-corrected chi connectivity index (χ0v) is 9.31. The van der Waals surface area contributed by atoms with Gasteiger partial charge in [0.05, 0.1) is 0 Å². The van der Waals surface area contributed by atoms with Crippen molar-refractivity contribution >= 4 is 17.4 Å². The highest BCUT2D eigenvalue weighted by molar-refractivity contribution is 6.31. The largest absolute Gasteiger partial charge is 0.335 e. The summed E-state index contributed by atoms with van der Waals surface area (Å²) in [6.07, 6.45) is 0. The quantitative estimate of drug-likeness (QED) is 0.799. The third-order valence-corrected chi connectivity index (χ3v) is 2.55. The van der Waals surface area contributed by atoms with E-state index in [9.17, 15) is 9.18 Å². The van der Waals surface area contributed by atoms with Gasteiger partial charge in [-0.1, -0.05) is 23.7 Å². The summed E-state index contributed by atoms with van der Waals surface area (Å²) in [6.45, 7) is 1.65. The van der Waals surface area contributed by atoms with Gasteiger partial charge >= 0.3 is 0 Å². The molecule has 1 N–H and O–H groups in total. The third kappa shape index (κ3) is 1.99. The summed E-state index contributed by atoms with van der Waals surface area (Å²) in [6, 6.07) is 7.78. The van der Waals surface area contributed by atoms with E-state index < -0.39 is 5.95 Å². The number of benzene rings is 1. The van der Waals surface area contributed by atoms with Crippen molar-refractivity contribution in [2.45, 2.75) is 6.92 Å². The van der Waals surface area contributed by atoms with Crippen LogP contribution < -0.4 is 0 Å². The second kappa shape index (κ2) is 4.10. The number of carbonyl (C=O) groups excluding carboxylic acids is 1. The van der Waals surface area contributed by atoms with Crippen LogP contribution in [0.15, 0.2) is 30.3 Å². The Kier molecular flexibility index (Phi) is 2.79. The molecule has 1 heterocycles. The van der Waals surface area contributed by atoms with Crippen LogP contribution in [0.25, 0.3) is 0 Å². The molecule has 0 fully saturated rings. The van der Waals surface area contributed by atoms with Crippen LogP contribution in [0.4, 0.5) is 4.39 Å². The maximum atomic E-state index is 12.9. The third-order valence-electron chi connectivity index (χ3n) is 2.31. The molecule has 0 bridgehead atoms. The van der Waals surface area contributed by atoms with Crippen LogP contribution in [0.1, 0.15) is 21.6 Å². The van der Waals surface area contributed by atoms with Gasteiger partial charge in [-0.25, -0.2) is 0 Å². The lowest BCUT2D eigenvalue weighted by Crippen LogP contribution is -2.01. The van der Waals surface area contributed by atoms with E-state index in [1.165, 1.54) is 6.07 Å². The lowest BCUT2D eigenvalue weighted by molar-refractivity contribution is 0.103. The number of rotatable bonds is 2. The number of ketones is 1. The van der Waals surface area contributed by atoms with Crippen LogP contribution in [0.3, 0.4) is 0 Å². The van der Waals surface area contributed by atoms with E-state index in [4.69, 9.17) is 11.6 Å². The lowest BCUT2D eigenvalue weighted by atomic mass is 10.0. The Morgan fingerprint density at radius 3 is 2.69 bits per heavy atom. The number of nitrogens with one attached hydrogen (secondary N) is 1. The molecule has 0 radical (unpaired) electrons. The number of halogens is 2. The van der Waals surface area contributed by atoms with Gasteiger partial charge in [0.15, 0.2) is 11.7 Å². The van der Waals surface area contributed by atoms with Crippen LogP contribution in [0.5, 0.6) is 0 Å². The molecule has 2 aromatic rings. The first-order valence-corrected chi connectivity index (χ1v) is 5.11. The topological polar surface area (TPSA) is 32.9 Å². The van der Waals surface area contributed by atoms with Crippen molar-refractivity contribution in [3.63, 3.8) is 0 Å².